The van der Waals surface area contributed by atoms with Crippen molar-refractivity contribution in [2.45, 2.75) is 77.8 Å². The zero-order valence-electron chi connectivity index (χ0n) is 16.7. The van der Waals surface area contributed by atoms with Crippen LogP contribution in [0.5, 0.6) is 0 Å². The molecule has 0 aromatic rings. The molecule has 146 valence electrons. The van der Waals surface area contributed by atoms with Gasteiger partial charge >= 0.3 is 0 Å². The Hall–Kier alpha value is -0.685. The van der Waals surface area contributed by atoms with Gasteiger partial charge in [0.05, 0.1) is 6.61 Å². The standard InChI is InChI=1S/C18H31BFN2O3P/c1-9-18(10-2,25-17(19)16(7)20)13-24-26(23-12-11-21-8)22(14(3)4)15(5)6/h1,14-17H,10-13H2,2-7H3/t16-,17?,18+,26?/m0/s1. The first-order valence-electron chi connectivity index (χ1n) is 8.86. The van der Waals surface area contributed by atoms with Gasteiger partial charge in [-0.05, 0) is 41.0 Å². The molecule has 2 unspecified atom stereocenters. The summed E-state index contributed by atoms with van der Waals surface area (Å²) < 4.78 is 33.0. The Morgan fingerprint density at radius 2 is 1.85 bits per heavy atom. The molecule has 0 aliphatic heterocycles. The molecular formula is C18H31BFN2O3P. The maximum Gasteiger partial charge on any atom is 0.259 e. The number of nitrogens with zero attached hydrogens (tertiary/aromatic N) is 2. The summed E-state index contributed by atoms with van der Waals surface area (Å²) in [7, 11) is 4.25. The highest BCUT2D eigenvalue weighted by molar-refractivity contribution is 7.44. The average molecular weight is 384 g/mol. The van der Waals surface area contributed by atoms with Crippen molar-refractivity contribution in [2.24, 2.45) is 0 Å². The van der Waals surface area contributed by atoms with E-state index in [-0.39, 0.29) is 31.8 Å². The highest BCUT2D eigenvalue weighted by Gasteiger charge is 2.35. The van der Waals surface area contributed by atoms with Gasteiger partial charge in [-0.1, -0.05) is 12.8 Å². The van der Waals surface area contributed by atoms with E-state index >= 15 is 0 Å². The fourth-order valence-corrected chi connectivity index (χ4v) is 3.87. The third kappa shape index (κ3) is 8.34. The summed E-state index contributed by atoms with van der Waals surface area (Å²) in [4.78, 5) is 3.30. The average Bonchev–Trinajstić information content (AvgIpc) is 2.57. The van der Waals surface area contributed by atoms with Gasteiger partial charge in [0.2, 0.25) is 6.54 Å². The van der Waals surface area contributed by atoms with Gasteiger partial charge in [0.1, 0.15) is 20.6 Å². The molecule has 5 nitrogen and oxygen atoms in total. The molecule has 0 saturated heterocycles. The van der Waals surface area contributed by atoms with Crippen LogP contribution in [-0.2, 0) is 13.8 Å². The summed E-state index contributed by atoms with van der Waals surface area (Å²) in [6.45, 7) is 18.8. The first-order chi connectivity index (χ1) is 12.1. The van der Waals surface area contributed by atoms with E-state index in [0.717, 1.165) is 0 Å². The Morgan fingerprint density at radius 1 is 1.27 bits per heavy atom. The van der Waals surface area contributed by atoms with Crippen molar-refractivity contribution in [3.05, 3.63) is 11.4 Å². The number of terminal acetylenes is 1. The largest absolute Gasteiger partial charge is 0.364 e. The Balaban J connectivity index is 5.27. The van der Waals surface area contributed by atoms with Crippen molar-refractivity contribution < 1.29 is 18.2 Å². The second-order valence-corrected chi connectivity index (χ2v) is 8.00. The Labute approximate surface area is 161 Å². The molecule has 0 heterocycles. The lowest BCUT2D eigenvalue weighted by Gasteiger charge is -2.38. The van der Waals surface area contributed by atoms with Crippen molar-refractivity contribution in [1.82, 2.24) is 4.67 Å². The van der Waals surface area contributed by atoms with Crippen LogP contribution in [-0.4, -0.2) is 62.1 Å². The molecule has 0 amide bonds. The van der Waals surface area contributed by atoms with E-state index in [1.807, 2.05) is 34.6 Å². The van der Waals surface area contributed by atoms with Crippen LogP contribution in [0, 0.1) is 18.9 Å². The lowest BCUT2D eigenvalue weighted by molar-refractivity contribution is -0.0723. The predicted molar refractivity (Wildman–Crippen MR) is 105 cm³/mol. The normalized spacial score (nSPS) is 17.5. The molecule has 0 saturated carbocycles. The first kappa shape index (κ1) is 25.3. The van der Waals surface area contributed by atoms with Gasteiger partial charge in [-0.3, -0.25) is 0 Å². The molecule has 0 fully saturated rings. The van der Waals surface area contributed by atoms with Crippen LogP contribution in [0.3, 0.4) is 0 Å². The molecular weight excluding hydrogens is 353 g/mol. The fraction of sp³-hybridized carbons (Fsp3) is 0.833. The lowest BCUT2D eigenvalue weighted by atomic mass is 9.93. The van der Waals surface area contributed by atoms with Crippen LogP contribution in [0.4, 0.5) is 4.39 Å². The summed E-state index contributed by atoms with van der Waals surface area (Å²) in [5.74, 6) is 2.56. The molecule has 0 N–H and O–H groups in total. The molecule has 0 aliphatic carbocycles. The molecule has 0 rings (SSSR count). The van der Waals surface area contributed by atoms with Crippen LogP contribution >= 0.6 is 8.53 Å². The van der Waals surface area contributed by atoms with Crippen LogP contribution in [0.1, 0.15) is 48.0 Å². The number of hydrogen-bond donors (Lipinski definition) is 0. The fourth-order valence-electron chi connectivity index (χ4n) is 2.22. The zero-order chi connectivity index (χ0) is 20.3. The van der Waals surface area contributed by atoms with Crippen LogP contribution in [0.15, 0.2) is 0 Å². The number of rotatable bonds is 13. The Morgan fingerprint density at radius 3 is 2.23 bits per heavy atom. The maximum absolute atomic E-state index is 13.4. The van der Waals surface area contributed by atoms with Gasteiger partial charge in [-0.25, -0.2) is 15.6 Å². The molecule has 0 bridgehead atoms. The molecule has 0 aliphatic rings. The molecule has 2 radical (unpaired) electrons. The molecule has 4 atom stereocenters. The second kappa shape index (κ2) is 12.7. The zero-order valence-corrected chi connectivity index (χ0v) is 17.6. The van der Waals surface area contributed by atoms with E-state index in [0.29, 0.717) is 6.42 Å². The second-order valence-electron chi connectivity index (χ2n) is 6.55. The summed E-state index contributed by atoms with van der Waals surface area (Å²) in [6, 6.07) is -0.787. The lowest BCUT2D eigenvalue weighted by Crippen LogP contribution is -2.43. The van der Waals surface area contributed by atoms with E-state index in [1.54, 1.807) is 0 Å². The van der Waals surface area contributed by atoms with Crippen LogP contribution in [0.2, 0.25) is 0 Å². The number of alkyl halides is 1. The van der Waals surface area contributed by atoms with Crippen LogP contribution in [0.25, 0.3) is 4.85 Å². The molecule has 0 spiro atoms. The van der Waals surface area contributed by atoms with Crippen molar-refractivity contribution in [2.75, 3.05) is 19.8 Å². The smallest absolute Gasteiger partial charge is 0.259 e. The number of ether oxygens (including phenoxy) is 1. The summed E-state index contributed by atoms with van der Waals surface area (Å²) in [5.41, 5.74) is -1.14. The summed E-state index contributed by atoms with van der Waals surface area (Å²) >= 11 is 0. The minimum absolute atomic E-state index is 0.0279. The van der Waals surface area contributed by atoms with E-state index < -0.39 is 26.3 Å². The van der Waals surface area contributed by atoms with Gasteiger partial charge in [-0.2, -0.15) is 0 Å². The maximum atomic E-state index is 13.4. The topological polar surface area (TPSA) is 35.3 Å². The predicted octanol–water partition coefficient (Wildman–Crippen LogP) is 3.94. The van der Waals surface area contributed by atoms with E-state index in [2.05, 4.69) is 15.4 Å². The van der Waals surface area contributed by atoms with Crippen molar-refractivity contribution in [3.63, 3.8) is 0 Å². The SMILES string of the molecule is [B]C(O[C@](C#C)(CC)COP(OCC[N+]#[C-])N(C(C)C)C(C)C)[C@H](C)F. The van der Waals surface area contributed by atoms with Crippen molar-refractivity contribution >= 4 is 16.4 Å². The Kier molecular flexibility index (Phi) is 12.3. The van der Waals surface area contributed by atoms with Crippen LogP contribution < -0.4 is 0 Å². The molecule has 0 aromatic carbocycles. The van der Waals surface area contributed by atoms with Gasteiger partial charge in [0, 0.05) is 18.1 Å². The van der Waals surface area contributed by atoms with Crippen molar-refractivity contribution in [3.8, 4) is 12.3 Å². The first-order valence-corrected chi connectivity index (χ1v) is 9.99. The van der Waals surface area contributed by atoms with E-state index in [1.165, 1.54) is 6.92 Å². The summed E-state index contributed by atoms with van der Waals surface area (Å²) in [6.07, 6.45) is 4.71. The van der Waals surface area contributed by atoms with Gasteiger partial charge < -0.3 is 18.6 Å². The van der Waals surface area contributed by atoms with Gasteiger partial charge in [0.25, 0.3) is 8.53 Å². The molecule has 8 heteroatoms. The highest BCUT2D eigenvalue weighted by atomic mass is 31.2. The van der Waals surface area contributed by atoms with Gasteiger partial charge in [-0.15, -0.1) is 6.42 Å². The van der Waals surface area contributed by atoms with E-state index in [9.17, 15) is 4.39 Å². The summed E-state index contributed by atoms with van der Waals surface area (Å²) in [5, 5.41) is 0. The highest BCUT2D eigenvalue weighted by Crippen LogP contribution is 2.46. The minimum atomic E-state index is -1.45. The third-order valence-corrected chi connectivity index (χ3v) is 5.76. The van der Waals surface area contributed by atoms with E-state index in [4.69, 9.17) is 34.6 Å². The monoisotopic (exact) mass is 384 g/mol. The molecule has 0 aromatic heterocycles. The number of halogens is 1. The van der Waals surface area contributed by atoms with Crippen molar-refractivity contribution in [1.29, 1.82) is 0 Å². The Bertz CT molecular complexity index is 474. The molecule has 26 heavy (non-hydrogen) atoms. The third-order valence-electron chi connectivity index (χ3n) is 3.71. The van der Waals surface area contributed by atoms with Gasteiger partial charge in [0.15, 0.2) is 5.60 Å². The number of hydrogen-bond acceptors (Lipinski definition) is 4. The quantitative estimate of drug-likeness (QED) is 0.158. The minimum Gasteiger partial charge on any atom is -0.364 e.